The summed E-state index contributed by atoms with van der Waals surface area (Å²) in [6.45, 7) is 4.90. The fraction of sp³-hybridized carbons (Fsp3) is 0.579. The maximum atomic E-state index is 6.20. The van der Waals surface area contributed by atoms with E-state index in [4.69, 9.17) is 4.74 Å². The molecule has 3 rings (SSSR count). The minimum Gasteiger partial charge on any atom is -0.373 e. The van der Waals surface area contributed by atoms with Crippen molar-refractivity contribution < 1.29 is 4.74 Å². The molecule has 21 heavy (non-hydrogen) atoms. The monoisotopic (exact) mass is 396 g/mol. The number of ether oxygens (including phenoxy) is 1. The average molecular weight is 396 g/mol. The normalized spacial score (nSPS) is 33.6. The van der Waals surface area contributed by atoms with Crippen molar-refractivity contribution in [3.05, 3.63) is 46.1 Å². The van der Waals surface area contributed by atoms with Gasteiger partial charge in [-0.25, -0.2) is 0 Å². The van der Waals surface area contributed by atoms with Gasteiger partial charge in [-0.05, 0) is 96.6 Å². The van der Waals surface area contributed by atoms with Crippen LogP contribution < -0.4 is 0 Å². The second kappa shape index (κ2) is 7.28. The number of hydrogen-bond donors (Lipinski definition) is 0. The van der Waals surface area contributed by atoms with Crippen LogP contribution in [0.3, 0.4) is 0 Å². The van der Waals surface area contributed by atoms with Gasteiger partial charge in [-0.15, -0.1) is 6.58 Å². The molecule has 0 aromatic heterocycles. The van der Waals surface area contributed by atoms with Gasteiger partial charge in [-0.1, -0.05) is 18.2 Å². The minimum atomic E-state index is 0.322. The summed E-state index contributed by atoms with van der Waals surface area (Å²) in [7, 11) is 0. The molecule has 2 fully saturated rings. The fourth-order valence-corrected chi connectivity index (χ4v) is 4.30. The molecule has 1 aromatic rings. The van der Waals surface area contributed by atoms with E-state index >= 15 is 0 Å². The summed E-state index contributed by atoms with van der Waals surface area (Å²) in [5.41, 5.74) is 1.35. The predicted octanol–water partition coefficient (Wildman–Crippen LogP) is 5.75. The summed E-state index contributed by atoms with van der Waals surface area (Å²) < 4.78 is 7.50. The molecule has 1 heterocycles. The summed E-state index contributed by atoms with van der Waals surface area (Å²) in [6, 6.07) is 8.81. The molecular weight excluding hydrogens is 371 g/mol. The Morgan fingerprint density at radius 1 is 0.952 bits per heavy atom. The Hall–Kier alpha value is -0.350. The van der Waals surface area contributed by atoms with Crippen LogP contribution in [-0.4, -0.2) is 6.61 Å². The number of hydrogen-bond acceptors (Lipinski definition) is 1. The second-order valence-electron chi connectivity index (χ2n) is 6.62. The van der Waals surface area contributed by atoms with Crippen molar-refractivity contribution in [3.8, 4) is 0 Å². The predicted molar refractivity (Wildman–Crippen MR) is 96.2 cm³/mol. The number of rotatable bonds is 3. The Morgan fingerprint density at radius 3 is 2.19 bits per heavy atom. The van der Waals surface area contributed by atoms with Crippen molar-refractivity contribution in [2.75, 3.05) is 6.61 Å². The van der Waals surface area contributed by atoms with Crippen LogP contribution in [0.5, 0.6) is 0 Å². The van der Waals surface area contributed by atoms with Crippen molar-refractivity contribution in [3.63, 3.8) is 0 Å². The van der Waals surface area contributed by atoms with Gasteiger partial charge in [0, 0.05) is 3.57 Å². The Morgan fingerprint density at radius 2 is 1.62 bits per heavy atom. The lowest BCUT2D eigenvalue weighted by Gasteiger charge is -2.37. The van der Waals surface area contributed by atoms with Crippen molar-refractivity contribution in [1.29, 1.82) is 0 Å². The highest BCUT2D eigenvalue weighted by Crippen LogP contribution is 2.40. The van der Waals surface area contributed by atoms with E-state index < -0.39 is 0 Å². The molecule has 2 aliphatic rings. The highest BCUT2D eigenvalue weighted by molar-refractivity contribution is 14.1. The van der Waals surface area contributed by atoms with E-state index in [2.05, 4.69) is 59.5 Å². The van der Waals surface area contributed by atoms with E-state index in [1.807, 2.05) is 0 Å². The van der Waals surface area contributed by atoms with Gasteiger partial charge in [0.05, 0.1) is 12.7 Å². The van der Waals surface area contributed by atoms with Gasteiger partial charge in [0.25, 0.3) is 0 Å². The van der Waals surface area contributed by atoms with Gasteiger partial charge in [-0.3, -0.25) is 0 Å². The Bertz CT molecular complexity index is 451. The topological polar surface area (TPSA) is 9.23 Å². The molecule has 114 valence electrons. The van der Waals surface area contributed by atoms with Crippen LogP contribution in [0.15, 0.2) is 36.9 Å². The lowest BCUT2D eigenvalue weighted by molar-refractivity contribution is -0.0395. The van der Waals surface area contributed by atoms with Crippen LogP contribution in [0.4, 0.5) is 0 Å². The molecule has 0 amide bonds. The lowest BCUT2D eigenvalue weighted by Crippen LogP contribution is -2.29. The molecule has 2 unspecified atom stereocenters. The average Bonchev–Trinajstić information content (AvgIpc) is 2.56. The molecule has 2 heteroatoms. The standard InChI is InChI=1S/C19H25IO/c1-2-14-3-5-15(6-4-14)17-9-12-19(21-13-17)16-7-10-18(20)11-8-16/h2,7-8,10-11,14-15,17,19H,1,3-6,9,12-13H2. The van der Waals surface area contributed by atoms with E-state index in [0.717, 1.165) is 24.4 Å². The molecule has 1 aliphatic heterocycles. The fourth-order valence-electron chi connectivity index (χ4n) is 3.94. The molecule has 0 radical (unpaired) electrons. The van der Waals surface area contributed by atoms with Crippen molar-refractivity contribution in [1.82, 2.24) is 0 Å². The molecule has 1 saturated heterocycles. The molecular formula is C19H25IO. The van der Waals surface area contributed by atoms with Gasteiger partial charge in [0.15, 0.2) is 0 Å². The molecule has 2 atom stereocenters. The molecule has 1 aliphatic carbocycles. The summed E-state index contributed by atoms with van der Waals surface area (Å²) in [5, 5.41) is 0. The van der Waals surface area contributed by atoms with Crippen LogP contribution in [-0.2, 0) is 4.74 Å². The molecule has 1 nitrogen and oxygen atoms in total. The second-order valence-corrected chi connectivity index (χ2v) is 7.87. The Labute approximate surface area is 142 Å². The van der Waals surface area contributed by atoms with Gasteiger partial charge in [0.2, 0.25) is 0 Å². The molecule has 1 saturated carbocycles. The van der Waals surface area contributed by atoms with E-state index in [0.29, 0.717) is 6.10 Å². The third kappa shape index (κ3) is 3.89. The third-order valence-electron chi connectivity index (χ3n) is 5.37. The summed E-state index contributed by atoms with van der Waals surface area (Å²) >= 11 is 2.36. The largest absolute Gasteiger partial charge is 0.373 e. The van der Waals surface area contributed by atoms with Gasteiger partial charge >= 0.3 is 0 Å². The van der Waals surface area contributed by atoms with Crippen LogP contribution in [0, 0.1) is 21.3 Å². The zero-order valence-corrected chi connectivity index (χ0v) is 14.8. The van der Waals surface area contributed by atoms with E-state index in [1.54, 1.807) is 0 Å². The van der Waals surface area contributed by atoms with Crippen molar-refractivity contribution in [2.45, 2.75) is 44.6 Å². The third-order valence-corrected chi connectivity index (χ3v) is 6.09. The molecule has 1 aromatic carbocycles. The molecule has 0 bridgehead atoms. The lowest BCUT2D eigenvalue weighted by atomic mass is 9.73. The number of benzene rings is 1. The highest BCUT2D eigenvalue weighted by Gasteiger charge is 2.31. The SMILES string of the molecule is C=CC1CCC(C2CCC(c3ccc(I)cc3)OC2)CC1. The summed E-state index contributed by atoms with van der Waals surface area (Å²) in [4.78, 5) is 0. The summed E-state index contributed by atoms with van der Waals surface area (Å²) in [5.74, 6) is 2.44. The van der Waals surface area contributed by atoms with E-state index in [1.165, 1.54) is 47.7 Å². The minimum absolute atomic E-state index is 0.322. The highest BCUT2D eigenvalue weighted by atomic mass is 127. The first-order chi connectivity index (χ1) is 10.3. The maximum Gasteiger partial charge on any atom is 0.0825 e. The molecule has 0 spiro atoms. The van der Waals surface area contributed by atoms with Crippen molar-refractivity contribution >= 4 is 22.6 Å². The van der Waals surface area contributed by atoms with Crippen LogP contribution >= 0.6 is 22.6 Å². The van der Waals surface area contributed by atoms with E-state index in [9.17, 15) is 0 Å². The van der Waals surface area contributed by atoms with Crippen LogP contribution in [0.25, 0.3) is 0 Å². The number of halogens is 1. The van der Waals surface area contributed by atoms with Gasteiger partial charge < -0.3 is 4.74 Å². The van der Waals surface area contributed by atoms with Gasteiger partial charge in [0.1, 0.15) is 0 Å². The van der Waals surface area contributed by atoms with E-state index in [-0.39, 0.29) is 0 Å². The zero-order chi connectivity index (χ0) is 14.7. The van der Waals surface area contributed by atoms with Crippen LogP contribution in [0.1, 0.15) is 50.2 Å². The number of allylic oxidation sites excluding steroid dienone is 1. The van der Waals surface area contributed by atoms with Crippen LogP contribution in [0.2, 0.25) is 0 Å². The van der Waals surface area contributed by atoms with Gasteiger partial charge in [-0.2, -0.15) is 0 Å². The molecule has 0 N–H and O–H groups in total. The Kier molecular flexibility index (Phi) is 5.38. The maximum absolute atomic E-state index is 6.20. The first kappa shape index (κ1) is 15.5. The zero-order valence-electron chi connectivity index (χ0n) is 12.6. The Balaban J connectivity index is 1.51. The smallest absolute Gasteiger partial charge is 0.0825 e. The van der Waals surface area contributed by atoms with Crippen molar-refractivity contribution in [2.24, 2.45) is 17.8 Å². The first-order valence-electron chi connectivity index (χ1n) is 8.26. The first-order valence-corrected chi connectivity index (χ1v) is 9.33. The quantitative estimate of drug-likeness (QED) is 0.467. The summed E-state index contributed by atoms with van der Waals surface area (Å²) in [6.07, 6.45) is 10.4.